The molecule has 6 rings (SSSR count). The molecule has 0 N–H and O–H groups in total. The van der Waals surface area contributed by atoms with E-state index in [2.05, 4.69) is 30.3 Å². The van der Waals surface area contributed by atoms with Gasteiger partial charge in [-0.15, -0.1) is 0 Å². The van der Waals surface area contributed by atoms with Crippen molar-refractivity contribution in [1.29, 1.82) is 0 Å². The predicted octanol–water partition coefficient (Wildman–Crippen LogP) is 9.84. The molecule has 0 aliphatic heterocycles. The molecule has 0 saturated carbocycles. The molecule has 0 saturated heterocycles. The van der Waals surface area contributed by atoms with Gasteiger partial charge in [0.2, 0.25) is 0 Å². The van der Waals surface area contributed by atoms with Crippen molar-refractivity contribution >= 4 is 11.4 Å². The van der Waals surface area contributed by atoms with Crippen LogP contribution in [0.5, 0.6) is 0 Å². The van der Waals surface area contributed by atoms with Gasteiger partial charge in [0.05, 0.1) is 9.85 Å². The fourth-order valence-electron chi connectivity index (χ4n) is 5.37. The Bertz CT molecular complexity index is 1890. The smallest absolute Gasteiger partial charge is 0.258 e. The number of nitrogens with zero attached hydrogens (tertiary/aromatic N) is 2. The van der Waals surface area contributed by atoms with Gasteiger partial charge in [-0.3, -0.25) is 20.2 Å². The van der Waals surface area contributed by atoms with Crippen LogP contribution in [0.3, 0.4) is 0 Å². The second kappa shape index (κ2) is 11.3. The van der Waals surface area contributed by atoms with Crippen molar-refractivity contribution in [3.8, 4) is 55.6 Å². The minimum atomic E-state index is -0.398. The molecule has 202 valence electrons. The molecule has 0 radical (unpaired) electrons. The number of hydrogen-bond acceptors (Lipinski definition) is 4. The molecule has 0 aliphatic rings. The monoisotopic (exact) mass is 548 g/mol. The van der Waals surface area contributed by atoms with Crippen LogP contribution in [0.25, 0.3) is 55.6 Å². The summed E-state index contributed by atoms with van der Waals surface area (Å²) in [5.41, 5.74) is 9.37. The van der Waals surface area contributed by atoms with Crippen LogP contribution >= 0.6 is 0 Å². The lowest BCUT2D eigenvalue weighted by Gasteiger charge is -2.24. The van der Waals surface area contributed by atoms with E-state index in [1.54, 1.807) is 24.3 Å². The van der Waals surface area contributed by atoms with E-state index in [0.29, 0.717) is 0 Å². The van der Waals surface area contributed by atoms with E-state index in [4.69, 9.17) is 0 Å². The zero-order valence-corrected chi connectivity index (χ0v) is 22.4. The summed E-state index contributed by atoms with van der Waals surface area (Å²) in [7, 11) is 0. The van der Waals surface area contributed by atoms with Crippen molar-refractivity contribution in [2.24, 2.45) is 0 Å². The minimum Gasteiger partial charge on any atom is -0.258 e. The topological polar surface area (TPSA) is 86.3 Å². The van der Waals surface area contributed by atoms with Gasteiger partial charge < -0.3 is 0 Å². The Labute approximate surface area is 242 Å². The molecule has 6 aromatic carbocycles. The normalized spacial score (nSPS) is 10.8. The van der Waals surface area contributed by atoms with Crippen LogP contribution in [0.4, 0.5) is 11.4 Å². The number of hydrogen-bond donors (Lipinski definition) is 0. The largest absolute Gasteiger partial charge is 0.269 e. The average Bonchev–Trinajstić information content (AvgIpc) is 3.05. The molecule has 0 amide bonds. The fourth-order valence-corrected chi connectivity index (χ4v) is 5.37. The lowest BCUT2D eigenvalue weighted by Crippen LogP contribution is -1.98. The van der Waals surface area contributed by atoms with Crippen LogP contribution in [0.15, 0.2) is 146 Å². The van der Waals surface area contributed by atoms with Gasteiger partial charge in [0.15, 0.2) is 0 Å². The first-order valence-corrected chi connectivity index (χ1v) is 13.4. The van der Waals surface area contributed by atoms with Crippen molar-refractivity contribution in [1.82, 2.24) is 0 Å². The Hall–Kier alpha value is -5.88. The molecule has 0 fully saturated rings. The molecule has 0 aromatic heterocycles. The van der Waals surface area contributed by atoms with Gasteiger partial charge in [-0.1, -0.05) is 91.0 Å². The van der Waals surface area contributed by atoms with Crippen molar-refractivity contribution < 1.29 is 9.85 Å². The van der Waals surface area contributed by atoms with Gasteiger partial charge in [0.1, 0.15) is 0 Å². The Morgan fingerprint density at radius 2 is 0.667 bits per heavy atom. The van der Waals surface area contributed by atoms with E-state index in [1.807, 2.05) is 66.7 Å². The third-order valence-corrected chi connectivity index (χ3v) is 7.29. The molecule has 6 aromatic rings. The van der Waals surface area contributed by atoms with Gasteiger partial charge in [0.25, 0.3) is 11.4 Å². The second-order valence-electron chi connectivity index (χ2n) is 9.80. The van der Waals surface area contributed by atoms with E-state index in [0.717, 1.165) is 55.6 Å². The summed E-state index contributed by atoms with van der Waals surface area (Å²) in [6, 6.07) is 45.5. The molecular formula is C36H24N2O4. The SMILES string of the molecule is O=[N+]([O-])c1ccc(-c2cc(-c3ccccc3)c(-c3ccc([N+](=O)[O-])cc3)c(-c3ccccc3)c2-c2ccccc2)cc1. The van der Waals surface area contributed by atoms with Crippen LogP contribution in [0.2, 0.25) is 0 Å². The van der Waals surface area contributed by atoms with Gasteiger partial charge in [-0.05, 0) is 86.0 Å². The average molecular weight is 549 g/mol. The molecule has 6 heteroatoms. The van der Waals surface area contributed by atoms with Gasteiger partial charge in [0, 0.05) is 24.3 Å². The maximum atomic E-state index is 11.5. The van der Waals surface area contributed by atoms with Gasteiger partial charge >= 0.3 is 0 Å². The fraction of sp³-hybridized carbons (Fsp3) is 0. The lowest BCUT2D eigenvalue weighted by atomic mass is 9.79. The molecule has 42 heavy (non-hydrogen) atoms. The summed E-state index contributed by atoms with van der Waals surface area (Å²) >= 11 is 0. The summed E-state index contributed by atoms with van der Waals surface area (Å²) in [5.74, 6) is 0. The first-order valence-electron chi connectivity index (χ1n) is 13.4. The van der Waals surface area contributed by atoms with Crippen LogP contribution in [0, 0.1) is 20.2 Å². The Balaban J connectivity index is 1.79. The first-order chi connectivity index (χ1) is 20.5. The van der Waals surface area contributed by atoms with Crippen molar-refractivity contribution in [3.63, 3.8) is 0 Å². The van der Waals surface area contributed by atoms with E-state index >= 15 is 0 Å². The Kier molecular flexibility index (Phi) is 7.10. The lowest BCUT2D eigenvalue weighted by molar-refractivity contribution is -0.385. The summed E-state index contributed by atoms with van der Waals surface area (Å²) in [6.45, 7) is 0. The van der Waals surface area contributed by atoms with Crippen LogP contribution < -0.4 is 0 Å². The second-order valence-corrected chi connectivity index (χ2v) is 9.80. The maximum Gasteiger partial charge on any atom is 0.269 e. The molecule has 0 aliphatic carbocycles. The number of non-ortho nitro benzene ring substituents is 2. The zero-order chi connectivity index (χ0) is 29.1. The highest BCUT2D eigenvalue weighted by Crippen LogP contribution is 2.50. The number of rotatable bonds is 7. The summed E-state index contributed by atoms with van der Waals surface area (Å²) in [4.78, 5) is 22.1. The minimum absolute atomic E-state index is 0.0204. The molecule has 0 heterocycles. The molecule has 6 nitrogen and oxygen atoms in total. The molecule has 0 atom stereocenters. The highest BCUT2D eigenvalue weighted by molar-refractivity contribution is 6.07. The maximum absolute atomic E-state index is 11.5. The number of benzene rings is 6. The summed E-state index contributed by atoms with van der Waals surface area (Å²) in [5, 5.41) is 22.9. The van der Waals surface area contributed by atoms with Crippen LogP contribution in [-0.2, 0) is 0 Å². The third kappa shape index (κ3) is 5.05. The first kappa shape index (κ1) is 26.3. The molecular weight excluding hydrogens is 524 g/mol. The van der Waals surface area contributed by atoms with E-state index < -0.39 is 9.85 Å². The van der Waals surface area contributed by atoms with Crippen molar-refractivity contribution in [3.05, 3.63) is 166 Å². The van der Waals surface area contributed by atoms with Crippen molar-refractivity contribution in [2.75, 3.05) is 0 Å². The molecule has 0 unspecified atom stereocenters. The number of nitro benzene ring substituents is 2. The van der Waals surface area contributed by atoms with Crippen LogP contribution in [0.1, 0.15) is 0 Å². The Morgan fingerprint density at radius 3 is 1.07 bits per heavy atom. The predicted molar refractivity (Wildman–Crippen MR) is 167 cm³/mol. The third-order valence-electron chi connectivity index (χ3n) is 7.29. The number of nitro groups is 2. The van der Waals surface area contributed by atoms with E-state index in [9.17, 15) is 20.2 Å². The quantitative estimate of drug-likeness (QED) is 0.147. The summed E-state index contributed by atoms with van der Waals surface area (Å²) < 4.78 is 0. The Morgan fingerprint density at radius 1 is 0.357 bits per heavy atom. The van der Waals surface area contributed by atoms with Crippen molar-refractivity contribution in [2.45, 2.75) is 0 Å². The highest BCUT2D eigenvalue weighted by atomic mass is 16.6. The molecule has 0 bridgehead atoms. The zero-order valence-electron chi connectivity index (χ0n) is 22.4. The van der Waals surface area contributed by atoms with Gasteiger partial charge in [-0.25, -0.2) is 0 Å². The molecule has 0 spiro atoms. The van der Waals surface area contributed by atoms with E-state index in [1.165, 1.54) is 24.3 Å². The highest BCUT2D eigenvalue weighted by Gasteiger charge is 2.24. The summed E-state index contributed by atoms with van der Waals surface area (Å²) in [6.07, 6.45) is 0. The van der Waals surface area contributed by atoms with Crippen LogP contribution in [-0.4, -0.2) is 9.85 Å². The standard InChI is InChI=1S/C36H24N2O4/c39-37(40)30-20-16-26(17-21-30)33-24-32(25-10-4-1-5-11-25)35(29-18-22-31(23-19-29)38(41)42)36(28-14-8-3-9-15-28)34(33)27-12-6-2-7-13-27/h1-24H. The van der Waals surface area contributed by atoms with Gasteiger partial charge in [-0.2, -0.15) is 0 Å². The van der Waals surface area contributed by atoms with E-state index in [-0.39, 0.29) is 11.4 Å².